The molecule has 0 amide bonds. The molecule has 0 atom stereocenters. The van der Waals surface area contributed by atoms with Gasteiger partial charge in [0.1, 0.15) is 11.6 Å². The number of halogens is 2. The molecule has 3 nitrogen and oxygen atoms in total. The van der Waals surface area contributed by atoms with E-state index in [-0.39, 0.29) is 12.2 Å². The number of rotatable bonds is 5. The van der Waals surface area contributed by atoms with Crippen LogP contribution in [0, 0.1) is 11.6 Å². The Bertz CT molecular complexity index is 316. The zero-order valence-electron chi connectivity index (χ0n) is 8.59. The molecule has 0 aliphatic carbocycles. The molecule has 84 valence electrons. The highest BCUT2D eigenvalue weighted by Crippen LogP contribution is 2.15. The molecule has 0 aromatic heterocycles. The average Bonchev–Trinajstić information content (AvgIpc) is 2.24. The van der Waals surface area contributed by atoms with Crippen molar-refractivity contribution in [2.24, 2.45) is 0 Å². The van der Waals surface area contributed by atoms with Crippen LogP contribution in [-0.2, 0) is 9.47 Å². The third-order valence-electron chi connectivity index (χ3n) is 1.91. The summed E-state index contributed by atoms with van der Waals surface area (Å²) in [6.45, 7) is 0.243. The molecule has 15 heavy (non-hydrogen) atoms. The number of ether oxygens (including phenoxy) is 2. The largest absolute Gasteiger partial charge is 0.377 e. The molecule has 1 N–H and O–H groups in total. The van der Waals surface area contributed by atoms with Crippen LogP contribution in [0.3, 0.4) is 0 Å². The smallest absolute Gasteiger partial charge is 0.173 e. The molecule has 0 saturated heterocycles. The third kappa shape index (κ3) is 3.45. The highest BCUT2D eigenvalue weighted by atomic mass is 19.1. The third-order valence-corrected chi connectivity index (χ3v) is 1.91. The first-order chi connectivity index (χ1) is 7.17. The van der Waals surface area contributed by atoms with Crippen molar-refractivity contribution in [1.29, 1.82) is 0 Å². The van der Waals surface area contributed by atoms with Crippen molar-refractivity contribution >= 4 is 5.69 Å². The topological polar surface area (TPSA) is 30.5 Å². The highest BCUT2D eigenvalue weighted by Gasteiger charge is 2.07. The van der Waals surface area contributed by atoms with Crippen LogP contribution in [-0.4, -0.2) is 27.1 Å². The van der Waals surface area contributed by atoms with Crippen LogP contribution in [0.4, 0.5) is 14.5 Å². The molecule has 0 heterocycles. The van der Waals surface area contributed by atoms with Gasteiger partial charge in [0, 0.05) is 14.2 Å². The van der Waals surface area contributed by atoms with Crippen molar-refractivity contribution in [2.75, 3.05) is 26.1 Å². The van der Waals surface area contributed by atoms with Crippen molar-refractivity contribution in [3.8, 4) is 0 Å². The minimum absolute atomic E-state index is 0.0918. The maximum absolute atomic E-state index is 13.1. The van der Waals surface area contributed by atoms with Crippen molar-refractivity contribution in [2.45, 2.75) is 6.29 Å². The van der Waals surface area contributed by atoms with Crippen LogP contribution in [0.2, 0.25) is 0 Å². The molecule has 0 unspecified atom stereocenters. The summed E-state index contributed by atoms with van der Waals surface area (Å²) in [7, 11) is 2.94. The summed E-state index contributed by atoms with van der Waals surface area (Å²) in [6.07, 6.45) is -0.493. The van der Waals surface area contributed by atoms with Gasteiger partial charge < -0.3 is 14.8 Å². The summed E-state index contributed by atoms with van der Waals surface area (Å²) in [5, 5.41) is 2.69. The Kier molecular flexibility index (Phi) is 4.45. The summed E-state index contributed by atoms with van der Waals surface area (Å²) in [5.74, 6) is -1.01. The minimum Gasteiger partial charge on any atom is -0.377 e. The first-order valence-corrected chi connectivity index (χ1v) is 4.42. The van der Waals surface area contributed by atoms with Gasteiger partial charge in [-0.25, -0.2) is 8.78 Å². The van der Waals surface area contributed by atoms with E-state index in [1.165, 1.54) is 14.2 Å². The monoisotopic (exact) mass is 217 g/mol. The van der Waals surface area contributed by atoms with Crippen LogP contribution >= 0.6 is 0 Å². The van der Waals surface area contributed by atoms with Crippen LogP contribution in [0.15, 0.2) is 18.2 Å². The van der Waals surface area contributed by atoms with Gasteiger partial charge in [0.05, 0.1) is 12.2 Å². The van der Waals surface area contributed by atoms with Crippen LogP contribution in [0.25, 0.3) is 0 Å². The molecule has 0 spiro atoms. The second kappa shape index (κ2) is 5.63. The minimum atomic E-state index is -0.512. The van der Waals surface area contributed by atoms with Crippen molar-refractivity contribution in [3.05, 3.63) is 29.8 Å². The van der Waals surface area contributed by atoms with Gasteiger partial charge in [0.25, 0.3) is 0 Å². The van der Waals surface area contributed by atoms with E-state index >= 15 is 0 Å². The van der Waals surface area contributed by atoms with Gasteiger partial charge >= 0.3 is 0 Å². The Morgan fingerprint density at radius 3 is 2.53 bits per heavy atom. The van der Waals surface area contributed by atoms with Gasteiger partial charge in [-0.05, 0) is 18.2 Å². The Balaban J connectivity index is 2.60. The van der Waals surface area contributed by atoms with Crippen molar-refractivity contribution < 1.29 is 18.3 Å². The maximum atomic E-state index is 13.1. The maximum Gasteiger partial charge on any atom is 0.173 e. The molecule has 0 aliphatic rings. The zero-order valence-corrected chi connectivity index (χ0v) is 8.59. The zero-order chi connectivity index (χ0) is 11.3. The Morgan fingerprint density at radius 1 is 1.27 bits per heavy atom. The van der Waals surface area contributed by atoms with Crippen molar-refractivity contribution in [3.63, 3.8) is 0 Å². The summed E-state index contributed by atoms with van der Waals surface area (Å²) in [4.78, 5) is 0. The predicted octanol–water partition coefficient (Wildman–Crippen LogP) is 2.00. The standard InChI is InChI=1S/C10H13F2NO2/c1-14-10(15-2)6-13-9-5-7(11)3-4-8(9)12/h3-5,10,13H,6H2,1-2H3. The molecule has 0 fully saturated rings. The molecule has 1 aromatic rings. The number of methoxy groups -OCH3 is 2. The number of anilines is 1. The molecule has 0 saturated carbocycles. The number of hydrogen-bond donors (Lipinski definition) is 1. The number of hydrogen-bond acceptors (Lipinski definition) is 3. The first-order valence-electron chi connectivity index (χ1n) is 4.42. The highest BCUT2D eigenvalue weighted by molar-refractivity contribution is 5.44. The van der Waals surface area contributed by atoms with Crippen LogP contribution < -0.4 is 5.32 Å². The second-order valence-electron chi connectivity index (χ2n) is 2.91. The molecular weight excluding hydrogens is 204 g/mol. The van der Waals surface area contributed by atoms with Gasteiger partial charge in [0.15, 0.2) is 6.29 Å². The van der Waals surface area contributed by atoms with E-state index in [0.29, 0.717) is 0 Å². The first kappa shape index (κ1) is 11.9. The Labute approximate surface area is 87.0 Å². The molecular formula is C10H13F2NO2. The van der Waals surface area contributed by atoms with E-state index in [1.807, 2.05) is 0 Å². The molecule has 0 radical (unpaired) electrons. The lowest BCUT2D eigenvalue weighted by Gasteiger charge is -2.15. The van der Waals surface area contributed by atoms with Gasteiger partial charge in [0.2, 0.25) is 0 Å². The molecule has 0 bridgehead atoms. The summed E-state index contributed by atoms with van der Waals surface area (Å²) in [5.41, 5.74) is 0.0918. The Hall–Kier alpha value is -1.20. The van der Waals surface area contributed by atoms with Gasteiger partial charge in [-0.2, -0.15) is 0 Å². The van der Waals surface area contributed by atoms with E-state index in [1.54, 1.807) is 0 Å². The van der Waals surface area contributed by atoms with E-state index < -0.39 is 17.9 Å². The fourth-order valence-corrected chi connectivity index (χ4v) is 1.09. The fraction of sp³-hybridized carbons (Fsp3) is 0.400. The predicted molar refractivity (Wildman–Crippen MR) is 52.7 cm³/mol. The Morgan fingerprint density at radius 2 is 1.93 bits per heavy atom. The lowest BCUT2D eigenvalue weighted by molar-refractivity contribution is -0.0914. The summed E-state index contributed by atoms with van der Waals surface area (Å²) in [6, 6.07) is 3.20. The normalized spacial score (nSPS) is 10.7. The fourth-order valence-electron chi connectivity index (χ4n) is 1.09. The molecule has 1 aromatic carbocycles. The van der Waals surface area contributed by atoms with Crippen LogP contribution in [0.1, 0.15) is 0 Å². The lowest BCUT2D eigenvalue weighted by Crippen LogP contribution is -2.24. The molecule has 1 rings (SSSR count). The second-order valence-corrected chi connectivity index (χ2v) is 2.91. The van der Waals surface area contributed by atoms with Crippen molar-refractivity contribution in [1.82, 2.24) is 0 Å². The van der Waals surface area contributed by atoms with E-state index in [9.17, 15) is 8.78 Å². The van der Waals surface area contributed by atoms with E-state index in [2.05, 4.69) is 5.32 Å². The SMILES string of the molecule is COC(CNc1cc(F)ccc1F)OC. The average molecular weight is 217 g/mol. The summed E-state index contributed by atoms with van der Waals surface area (Å²) >= 11 is 0. The summed E-state index contributed by atoms with van der Waals surface area (Å²) < 4.78 is 35.7. The lowest BCUT2D eigenvalue weighted by atomic mass is 10.3. The quantitative estimate of drug-likeness (QED) is 0.765. The molecule has 5 heteroatoms. The number of benzene rings is 1. The van der Waals surface area contributed by atoms with Gasteiger partial charge in [-0.15, -0.1) is 0 Å². The number of nitrogens with one attached hydrogen (secondary N) is 1. The molecule has 0 aliphatic heterocycles. The van der Waals surface area contributed by atoms with E-state index in [0.717, 1.165) is 18.2 Å². The van der Waals surface area contributed by atoms with Gasteiger partial charge in [-0.1, -0.05) is 0 Å². The van der Waals surface area contributed by atoms with Crippen LogP contribution in [0.5, 0.6) is 0 Å². The van der Waals surface area contributed by atoms with Gasteiger partial charge in [-0.3, -0.25) is 0 Å². The van der Waals surface area contributed by atoms with E-state index in [4.69, 9.17) is 9.47 Å².